The van der Waals surface area contributed by atoms with Gasteiger partial charge in [-0.2, -0.15) is 0 Å². The molecule has 3 aromatic rings. The Morgan fingerprint density at radius 1 is 0.947 bits per heavy atom. The van der Waals surface area contributed by atoms with Gasteiger partial charge in [0.15, 0.2) is 10.3 Å². The van der Waals surface area contributed by atoms with Gasteiger partial charge in [-0.15, -0.1) is 0 Å². The summed E-state index contributed by atoms with van der Waals surface area (Å²) < 4.78 is 2.12. The lowest BCUT2D eigenvalue weighted by Crippen LogP contribution is -2.62. The van der Waals surface area contributed by atoms with Gasteiger partial charge >= 0.3 is 0 Å². The Balaban J connectivity index is 1.21. The first-order valence-electron chi connectivity index (χ1n) is 13.4. The summed E-state index contributed by atoms with van der Waals surface area (Å²) in [6, 6.07) is 2.25. The van der Waals surface area contributed by atoms with Gasteiger partial charge in [0.25, 0.3) is 0 Å². The maximum atomic E-state index is 12.8. The lowest BCUT2D eigenvalue weighted by atomic mass is 9.77. The average molecular weight is 558 g/mol. The molecule has 2 aliphatic rings. The van der Waals surface area contributed by atoms with E-state index in [-0.39, 0.29) is 42.0 Å². The minimum absolute atomic E-state index is 0.0102. The van der Waals surface area contributed by atoms with Gasteiger partial charge in [0.1, 0.15) is 0 Å². The van der Waals surface area contributed by atoms with Crippen molar-refractivity contribution in [1.29, 1.82) is 0 Å². The predicted octanol–water partition coefficient (Wildman–Crippen LogP) is 4.43. The number of nitrogens with one attached hydrogen (secondary N) is 3. The Bertz CT molecular complexity index is 1340. The largest absolute Gasteiger partial charge is 0.352 e. The SMILES string of the molecule is Cc1c2nc(NCC(=O)NC3CC(C)(C)N(C)C(C)(C)C3)sc2cc2sc(NCC(=O)N3CCCC3)nc12. The number of rotatable bonds is 7. The molecule has 2 aromatic heterocycles. The molecule has 38 heavy (non-hydrogen) atoms. The molecule has 2 saturated heterocycles. The number of anilines is 2. The minimum Gasteiger partial charge on any atom is -0.352 e. The Kier molecular flexibility index (Phi) is 7.30. The van der Waals surface area contributed by atoms with Crippen LogP contribution in [0.2, 0.25) is 0 Å². The zero-order valence-corrected chi connectivity index (χ0v) is 24.9. The maximum Gasteiger partial charge on any atom is 0.241 e. The van der Waals surface area contributed by atoms with Crippen molar-refractivity contribution in [1.82, 2.24) is 25.1 Å². The van der Waals surface area contributed by atoms with E-state index in [1.807, 2.05) is 11.8 Å². The van der Waals surface area contributed by atoms with Crippen molar-refractivity contribution in [2.75, 3.05) is 43.9 Å². The number of carbonyl (C=O) groups excluding carboxylic acids is 2. The molecule has 4 heterocycles. The van der Waals surface area contributed by atoms with Crippen molar-refractivity contribution in [2.24, 2.45) is 0 Å². The third-order valence-corrected chi connectivity index (χ3v) is 10.1. The summed E-state index contributed by atoms with van der Waals surface area (Å²) in [7, 11) is 2.17. The van der Waals surface area contributed by atoms with E-state index in [1.54, 1.807) is 22.7 Å². The van der Waals surface area contributed by atoms with Crippen LogP contribution in [0.15, 0.2) is 6.07 Å². The molecular formula is C27H39N7O2S2. The molecule has 0 saturated carbocycles. The number of fused-ring (bicyclic) bond motifs is 2. The topological polar surface area (TPSA) is 102 Å². The van der Waals surface area contributed by atoms with E-state index in [1.165, 1.54) is 0 Å². The fourth-order valence-electron chi connectivity index (χ4n) is 5.92. The van der Waals surface area contributed by atoms with Gasteiger partial charge in [0.05, 0.1) is 33.5 Å². The van der Waals surface area contributed by atoms with Crippen molar-refractivity contribution in [3.05, 3.63) is 11.6 Å². The Labute approximate surface area is 232 Å². The summed E-state index contributed by atoms with van der Waals surface area (Å²) in [5.74, 6) is 0.119. The van der Waals surface area contributed by atoms with Gasteiger partial charge in [-0.3, -0.25) is 14.5 Å². The molecule has 206 valence electrons. The van der Waals surface area contributed by atoms with E-state index in [0.717, 1.165) is 75.0 Å². The number of thiazole rings is 2. The molecular weight excluding hydrogens is 518 g/mol. The lowest BCUT2D eigenvalue weighted by molar-refractivity contribution is -0.128. The van der Waals surface area contributed by atoms with Crippen molar-refractivity contribution in [3.63, 3.8) is 0 Å². The summed E-state index contributed by atoms with van der Waals surface area (Å²) in [6.45, 7) is 13.2. The number of aromatic nitrogens is 2. The van der Waals surface area contributed by atoms with Crippen LogP contribution < -0.4 is 16.0 Å². The Morgan fingerprint density at radius 2 is 1.47 bits per heavy atom. The minimum atomic E-state index is -0.0102. The van der Waals surface area contributed by atoms with E-state index in [4.69, 9.17) is 9.97 Å². The standard InChI is InChI=1S/C27H39N7O2S2/c1-16-22-18(11-19-23(16)32-25(38-19)29-15-21(36)34-9-7-8-10-34)37-24(31-22)28-14-20(35)30-17-12-26(2,3)33(6)27(4,5)13-17/h11,17H,7-10,12-15H2,1-6H3,(H,28,31)(H,29,32)(H,30,35). The van der Waals surface area contributed by atoms with E-state index < -0.39 is 0 Å². The number of carbonyl (C=O) groups is 2. The van der Waals surface area contributed by atoms with Crippen LogP contribution >= 0.6 is 22.7 Å². The van der Waals surface area contributed by atoms with Crippen LogP contribution in [0.25, 0.3) is 20.4 Å². The first-order valence-corrected chi connectivity index (χ1v) is 15.1. The van der Waals surface area contributed by atoms with Gasteiger partial charge in [-0.05, 0) is 73.4 Å². The second-order valence-electron chi connectivity index (χ2n) is 11.9. The molecule has 2 aliphatic heterocycles. The summed E-state index contributed by atoms with van der Waals surface area (Å²) >= 11 is 3.10. The van der Waals surface area contributed by atoms with Gasteiger partial charge in [-0.25, -0.2) is 9.97 Å². The highest BCUT2D eigenvalue weighted by Crippen LogP contribution is 2.38. The Hall–Kier alpha value is -2.50. The first-order chi connectivity index (χ1) is 17.9. The molecule has 2 amide bonds. The van der Waals surface area contributed by atoms with E-state index in [0.29, 0.717) is 0 Å². The Morgan fingerprint density at radius 3 is 2.03 bits per heavy atom. The number of nitrogens with zero attached hydrogens (tertiary/aromatic N) is 4. The molecule has 0 bridgehead atoms. The molecule has 9 nitrogen and oxygen atoms in total. The molecule has 2 fully saturated rings. The third kappa shape index (κ3) is 5.46. The van der Waals surface area contributed by atoms with Crippen molar-refractivity contribution in [2.45, 2.75) is 77.4 Å². The predicted molar refractivity (Wildman–Crippen MR) is 157 cm³/mol. The summed E-state index contributed by atoms with van der Waals surface area (Å²) in [5.41, 5.74) is 2.86. The zero-order valence-electron chi connectivity index (χ0n) is 23.2. The molecule has 0 unspecified atom stereocenters. The highest BCUT2D eigenvalue weighted by molar-refractivity contribution is 7.24. The molecule has 11 heteroatoms. The van der Waals surface area contributed by atoms with Crippen molar-refractivity contribution >= 4 is 65.2 Å². The smallest absolute Gasteiger partial charge is 0.241 e. The number of benzene rings is 1. The van der Waals surface area contributed by atoms with Gasteiger partial charge in [0.2, 0.25) is 11.8 Å². The number of likely N-dealkylation sites (tertiary alicyclic amines) is 2. The van der Waals surface area contributed by atoms with Crippen molar-refractivity contribution < 1.29 is 9.59 Å². The number of hydrogen-bond donors (Lipinski definition) is 3. The van der Waals surface area contributed by atoms with Crippen LogP contribution in [-0.4, -0.2) is 81.9 Å². The lowest BCUT2D eigenvalue weighted by Gasteiger charge is -2.53. The average Bonchev–Trinajstić information content (AvgIpc) is 3.59. The monoisotopic (exact) mass is 557 g/mol. The summed E-state index contributed by atoms with van der Waals surface area (Å²) in [6.07, 6.45) is 4.02. The molecule has 3 N–H and O–H groups in total. The van der Waals surface area contributed by atoms with Crippen molar-refractivity contribution in [3.8, 4) is 0 Å². The van der Waals surface area contributed by atoms with Gasteiger partial charge < -0.3 is 20.9 Å². The molecule has 0 atom stereocenters. The fraction of sp³-hybridized carbons (Fsp3) is 0.630. The number of piperidine rings is 1. The second-order valence-corrected chi connectivity index (χ2v) is 13.9. The zero-order chi connectivity index (χ0) is 27.2. The number of amides is 2. The van der Waals surface area contributed by atoms with Gasteiger partial charge in [0, 0.05) is 35.8 Å². The van der Waals surface area contributed by atoms with Gasteiger partial charge in [-0.1, -0.05) is 22.7 Å². The quantitative estimate of drug-likeness (QED) is 0.395. The number of hydrogen-bond acceptors (Lipinski definition) is 9. The highest BCUT2D eigenvalue weighted by atomic mass is 32.1. The van der Waals surface area contributed by atoms with Crippen LogP contribution in [0, 0.1) is 6.92 Å². The first kappa shape index (κ1) is 27.1. The molecule has 0 radical (unpaired) electrons. The summed E-state index contributed by atoms with van der Waals surface area (Å²) in [4.78, 5) is 39.0. The number of aryl methyl sites for hydroxylation is 1. The van der Waals surface area contributed by atoms with E-state index in [9.17, 15) is 9.59 Å². The molecule has 0 spiro atoms. The molecule has 0 aliphatic carbocycles. The van der Waals surface area contributed by atoms with E-state index >= 15 is 0 Å². The van der Waals surface area contributed by atoms with E-state index in [2.05, 4.69) is 61.7 Å². The normalized spacial score (nSPS) is 19.8. The highest BCUT2D eigenvalue weighted by Gasteiger charge is 2.43. The fourth-order valence-corrected chi connectivity index (χ4v) is 7.91. The molecule has 1 aromatic carbocycles. The van der Waals surface area contributed by atoms with Crippen LogP contribution in [0.4, 0.5) is 10.3 Å². The summed E-state index contributed by atoms with van der Waals surface area (Å²) in [5, 5.41) is 11.2. The van der Waals surface area contributed by atoms with Crippen LogP contribution in [0.5, 0.6) is 0 Å². The second kappa shape index (κ2) is 10.2. The maximum absolute atomic E-state index is 12.8. The van der Waals surface area contributed by atoms with Crippen LogP contribution in [0.1, 0.15) is 58.9 Å². The van der Waals surface area contributed by atoms with Crippen LogP contribution in [0.3, 0.4) is 0 Å². The van der Waals surface area contributed by atoms with Crippen LogP contribution in [-0.2, 0) is 9.59 Å². The third-order valence-electron chi connectivity index (χ3n) is 8.20. The molecule has 5 rings (SSSR count).